The van der Waals surface area contributed by atoms with Crippen LogP contribution in [0.5, 0.6) is 0 Å². The first-order valence-corrected chi connectivity index (χ1v) is 5.38. The van der Waals surface area contributed by atoms with Crippen LogP contribution in [0.25, 0.3) is 0 Å². The maximum absolute atomic E-state index is 10.1. The minimum atomic E-state index is -4.89. The van der Waals surface area contributed by atoms with Crippen LogP contribution in [-0.2, 0) is 9.36 Å². The molecule has 15 heavy (non-hydrogen) atoms. The summed E-state index contributed by atoms with van der Waals surface area (Å²) in [5.41, 5.74) is 0.442. The number of aliphatic carboxylic acids is 1. The Balaban J connectivity index is -0.000000208. The Morgan fingerprint density at radius 1 is 1.47 bits per heavy atom. The van der Waals surface area contributed by atoms with Gasteiger partial charge < -0.3 is 19.8 Å². The van der Waals surface area contributed by atoms with E-state index >= 15 is 0 Å². The molecule has 0 bridgehead atoms. The molecule has 0 unspecified atom stereocenters. The molecule has 3 N–H and O–H groups in total. The Bertz CT molecular complexity index is 238. The molecule has 8 heteroatoms. The number of rotatable bonds is 3. The van der Waals surface area contributed by atoms with Crippen molar-refractivity contribution in [1.82, 2.24) is 0 Å². The predicted octanol–water partition coefficient (Wildman–Crippen LogP) is -2.74. The third-order valence-electron chi connectivity index (χ3n) is 1.08. The Morgan fingerprint density at radius 3 is 2.00 bits per heavy atom. The van der Waals surface area contributed by atoms with Gasteiger partial charge in [-0.1, -0.05) is 19.4 Å². The summed E-state index contributed by atoms with van der Waals surface area (Å²) in [7, 11) is -4.89. The van der Waals surface area contributed by atoms with Crippen molar-refractivity contribution in [3.8, 4) is 0 Å². The van der Waals surface area contributed by atoms with Crippen molar-refractivity contribution in [1.29, 1.82) is 0 Å². The Labute approximate surface area is 131 Å². The van der Waals surface area contributed by atoms with Crippen LogP contribution in [0.2, 0.25) is 0 Å². The average Bonchev–Trinajstić information content (AvgIpc) is 1.96. The molecule has 84 valence electrons. The largest absolute Gasteiger partial charge is 1.00 e. The van der Waals surface area contributed by atoms with Gasteiger partial charge in [-0.15, -0.1) is 0 Å². The molecular formula is C7H14KO6P. The van der Waals surface area contributed by atoms with Crippen LogP contribution in [0.1, 0.15) is 26.7 Å². The summed E-state index contributed by atoms with van der Waals surface area (Å²) >= 11 is 0. The molecule has 0 fully saturated rings. The molecule has 0 atom stereocenters. The fourth-order valence-corrected chi connectivity index (χ4v) is 0.448. The molecule has 0 aliphatic heterocycles. The van der Waals surface area contributed by atoms with Gasteiger partial charge in [-0.2, -0.15) is 0 Å². The number of hydrogen-bond acceptors (Lipinski definition) is 3. The van der Waals surface area contributed by atoms with Gasteiger partial charge in [-0.3, -0.25) is 4.57 Å². The monoisotopic (exact) mass is 264 g/mol. The molecular weight excluding hydrogens is 250 g/mol. The molecule has 6 nitrogen and oxygen atoms in total. The fourth-order valence-electron chi connectivity index (χ4n) is 0.448. The number of phosphoric acid groups is 1. The molecule has 0 aromatic rings. The molecule has 0 amide bonds. The molecule has 0 rings (SSSR count). The number of carbonyl (C=O) groups is 1. The van der Waals surface area contributed by atoms with Crippen LogP contribution >= 0.6 is 7.82 Å². The molecule has 0 aromatic carbocycles. The summed E-state index contributed by atoms with van der Waals surface area (Å²) in [4.78, 5) is 33.1. The van der Waals surface area contributed by atoms with E-state index in [0.717, 1.165) is 12.8 Å². The van der Waals surface area contributed by atoms with E-state index in [1.807, 2.05) is 6.92 Å². The second-order valence-corrected chi connectivity index (χ2v) is 3.45. The molecule has 0 radical (unpaired) electrons. The Kier molecular flexibility index (Phi) is 16.2. The van der Waals surface area contributed by atoms with E-state index in [4.69, 9.17) is 24.4 Å². The summed E-state index contributed by atoms with van der Waals surface area (Å²) in [6.07, 6.45) is 3.60. The van der Waals surface area contributed by atoms with Crippen molar-refractivity contribution in [2.24, 2.45) is 0 Å². The first kappa shape index (κ1) is 21.3. The molecule has 0 aromatic heterocycles. The quantitative estimate of drug-likeness (QED) is 0.289. The predicted molar refractivity (Wildman–Crippen MR) is 48.3 cm³/mol. The van der Waals surface area contributed by atoms with Crippen LogP contribution in [0.4, 0.5) is 0 Å². The van der Waals surface area contributed by atoms with Crippen molar-refractivity contribution >= 4 is 13.8 Å². The van der Waals surface area contributed by atoms with Crippen molar-refractivity contribution in [3.05, 3.63) is 11.6 Å². The zero-order chi connectivity index (χ0) is 11.8. The number of allylic oxidation sites excluding steroid dienone is 1. The number of unbranched alkanes of at least 4 members (excludes halogenated alkanes) is 1. The van der Waals surface area contributed by atoms with Crippen molar-refractivity contribution in [2.45, 2.75) is 26.7 Å². The second kappa shape index (κ2) is 11.4. The number of carboxylic acids is 1. The maximum Gasteiger partial charge on any atom is 1.00 e. The van der Waals surface area contributed by atoms with Gasteiger partial charge in [0.1, 0.15) is 0 Å². The minimum Gasteiger partial charge on any atom is -0.756 e. The van der Waals surface area contributed by atoms with E-state index < -0.39 is 13.8 Å². The summed E-state index contributed by atoms with van der Waals surface area (Å²) in [6.45, 7) is 3.63. The summed E-state index contributed by atoms with van der Waals surface area (Å²) < 4.78 is 8.77. The smallest absolute Gasteiger partial charge is 0.756 e. The van der Waals surface area contributed by atoms with E-state index in [0.29, 0.717) is 5.57 Å². The topological polar surface area (TPSA) is 118 Å². The SMILES string of the molecule is CCCC=C(C)C(=O)O.O=P([O-])(O)O.[K+]. The Hall–Kier alpha value is 0.956. The van der Waals surface area contributed by atoms with Crippen LogP contribution in [-0.4, -0.2) is 20.9 Å². The van der Waals surface area contributed by atoms with Crippen LogP contribution < -0.4 is 56.3 Å². The van der Waals surface area contributed by atoms with Gasteiger partial charge in [0, 0.05) is 5.57 Å². The van der Waals surface area contributed by atoms with Crippen molar-refractivity contribution in [3.63, 3.8) is 0 Å². The molecule has 0 heterocycles. The third-order valence-corrected chi connectivity index (χ3v) is 1.08. The molecule has 0 aliphatic carbocycles. The molecule has 0 aliphatic rings. The van der Waals surface area contributed by atoms with E-state index in [1.54, 1.807) is 13.0 Å². The van der Waals surface area contributed by atoms with Gasteiger partial charge in [0.2, 0.25) is 0 Å². The van der Waals surface area contributed by atoms with E-state index in [2.05, 4.69) is 0 Å². The fraction of sp³-hybridized carbons (Fsp3) is 0.571. The van der Waals surface area contributed by atoms with Gasteiger partial charge in [0.25, 0.3) is 7.82 Å². The van der Waals surface area contributed by atoms with Crippen LogP contribution in [0.15, 0.2) is 11.6 Å². The van der Waals surface area contributed by atoms with Gasteiger partial charge in [0.15, 0.2) is 0 Å². The van der Waals surface area contributed by atoms with Gasteiger partial charge >= 0.3 is 57.4 Å². The minimum absolute atomic E-state index is 0. The summed E-state index contributed by atoms with van der Waals surface area (Å²) in [5.74, 6) is -0.816. The van der Waals surface area contributed by atoms with E-state index in [-0.39, 0.29) is 51.4 Å². The van der Waals surface area contributed by atoms with Crippen molar-refractivity contribution in [2.75, 3.05) is 0 Å². The van der Waals surface area contributed by atoms with Crippen LogP contribution in [0, 0.1) is 0 Å². The molecule has 0 spiro atoms. The van der Waals surface area contributed by atoms with Crippen LogP contribution in [0.3, 0.4) is 0 Å². The Morgan fingerprint density at radius 2 is 1.80 bits per heavy atom. The maximum atomic E-state index is 10.1. The number of carboxylic acid groups (broad SMARTS) is 1. The van der Waals surface area contributed by atoms with Gasteiger partial charge in [0.05, 0.1) is 0 Å². The normalized spacial score (nSPS) is 10.9. The van der Waals surface area contributed by atoms with Crippen molar-refractivity contribution < 1.29 is 80.5 Å². The summed E-state index contributed by atoms with van der Waals surface area (Å²) in [6, 6.07) is 0. The third kappa shape index (κ3) is 31.3. The summed E-state index contributed by atoms with van der Waals surface area (Å²) in [5, 5.41) is 8.34. The van der Waals surface area contributed by atoms with E-state index in [9.17, 15) is 4.79 Å². The second-order valence-electron chi connectivity index (χ2n) is 2.47. The first-order chi connectivity index (χ1) is 6.18. The molecule has 0 saturated carbocycles. The van der Waals surface area contributed by atoms with Gasteiger partial charge in [-0.25, -0.2) is 4.79 Å². The standard InChI is InChI=1S/C7H12O2.K.H3O4P/c1-3-4-5-6(2)7(8)9;;1-5(2,3)4/h5H,3-4H2,1-2H3,(H,8,9);;(H3,1,2,3,4)/q;+1;/p-1. The zero-order valence-corrected chi connectivity index (χ0v) is 13.0. The van der Waals surface area contributed by atoms with E-state index in [1.165, 1.54) is 0 Å². The average molecular weight is 264 g/mol. The van der Waals surface area contributed by atoms with Gasteiger partial charge in [-0.05, 0) is 13.3 Å². The zero-order valence-electron chi connectivity index (χ0n) is 9.01. The number of hydrogen-bond donors (Lipinski definition) is 3. The molecule has 0 saturated heterocycles. The first-order valence-electron chi connectivity index (χ1n) is 3.85.